The van der Waals surface area contributed by atoms with Crippen molar-refractivity contribution in [3.63, 3.8) is 0 Å². The summed E-state index contributed by atoms with van der Waals surface area (Å²) in [6, 6.07) is 0. The molecule has 0 amide bonds. The maximum atomic E-state index is 6.42. The van der Waals surface area contributed by atoms with Gasteiger partial charge in [0, 0.05) is 17.9 Å². The fourth-order valence-electron chi connectivity index (χ4n) is 4.01. The normalized spacial score (nSPS) is 13.7. The molecule has 0 rings (SSSR count). The molecule has 128 valence electrons. The fraction of sp³-hybridized carbons (Fsp3) is 1.00. The fourth-order valence-corrected chi connectivity index (χ4v) is 15.4. The van der Waals surface area contributed by atoms with Gasteiger partial charge in [-0.15, -0.1) is 0 Å². The van der Waals surface area contributed by atoms with Crippen molar-refractivity contribution in [2.45, 2.75) is 97.1 Å². The van der Waals surface area contributed by atoms with Gasteiger partial charge in [0.25, 0.3) is 0 Å². The summed E-state index contributed by atoms with van der Waals surface area (Å²) in [6.45, 7) is 20.3. The maximum absolute atomic E-state index is 6.42. The minimum absolute atomic E-state index is 0.331. The zero-order valence-corrected chi connectivity index (χ0v) is 18.0. The van der Waals surface area contributed by atoms with E-state index in [1.807, 2.05) is 0 Å². The lowest BCUT2D eigenvalue weighted by molar-refractivity contribution is 0.265. The van der Waals surface area contributed by atoms with E-state index >= 15 is 0 Å². The predicted octanol–water partition coefficient (Wildman–Crippen LogP) is 6.13. The molecule has 0 aromatic heterocycles. The Morgan fingerprint density at radius 2 is 1.00 bits per heavy atom. The highest BCUT2D eigenvalue weighted by atomic mass is 28.4. The van der Waals surface area contributed by atoms with E-state index in [1.165, 1.54) is 38.5 Å². The lowest BCUT2D eigenvalue weighted by Gasteiger charge is -2.53. The van der Waals surface area contributed by atoms with E-state index in [0.29, 0.717) is 4.66 Å². The van der Waals surface area contributed by atoms with Crippen LogP contribution in [0.25, 0.3) is 0 Å². The van der Waals surface area contributed by atoms with E-state index in [4.69, 9.17) is 8.85 Å². The van der Waals surface area contributed by atoms with Crippen LogP contribution in [0, 0.1) is 0 Å². The second-order valence-corrected chi connectivity index (χ2v) is 16.2. The van der Waals surface area contributed by atoms with Crippen molar-refractivity contribution < 1.29 is 8.85 Å². The van der Waals surface area contributed by atoms with Gasteiger partial charge in [0.1, 0.15) is 0 Å². The van der Waals surface area contributed by atoms with Crippen molar-refractivity contribution >= 4 is 16.6 Å². The topological polar surface area (TPSA) is 18.5 Å². The van der Waals surface area contributed by atoms with E-state index in [1.54, 1.807) is 0 Å². The minimum Gasteiger partial charge on any atom is -0.417 e. The first-order chi connectivity index (χ1) is 9.74. The highest BCUT2D eigenvalue weighted by molar-refractivity contribution is 6.94. The Bertz CT molecular complexity index is 250. The zero-order chi connectivity index (χ0) is 16.6. The van der Waals surface area contributed by atoms with Crippen molar-refractivity contribution in [2.75, 3.05) is 13.2 Å². The molecule has 4 heteroatoms. The molecule has 0 atom stereocenters. The van der Waals surface area contributed by atoms with Crippen LogP contribution in [-0.4, -0.2) is 29.8 Å². The second-order valence-electron chi connectivity index (χ2n) is 7.18. The largest absolute Gasteiger partial charge is 0.417 e. The van der Waals surface area contributed by atoms with Gasteiger partial charge in [-0.05, 0) is 52.9 Å². The third kappa shape index (κ3) is 5.19. The van der Waals surface area contributed by atoms with Gasteiger partial charge in [-0.3, -0.25) is 0 Å². The summed E-state index contributed by atoms with van der Waals surface area (Å²) in [5.41, 5.74) is 0. The summed E-state index contributed by atoms with van der Waals surface area (Å²) < 4.78 is 13.2. The molecule has 21 heavy (non-hydrogen) atoms. The van der Waals surface area contributed by atoms with Crippen LogP contribution in [-0.2, 0) is 8.85 Å². The molecule has 0 fully saturated rings. The maximum Gasteiger partial charge on any atom is 0.192 e. The third-order valence-corrected chi connectivity index (χ3v) is 16.5. The van der Waals surface area contributed by atoms with Crippen LogP contribution >= 0.6 is 0 Å². The van der Waals surface area contributed by atoms with Crippen molar-refractivity contribution in [1.29, 1.82) is 0 Å². The summed E-state index contributed by atoms with van der Waals surface area (Å²) >= 11 is 0. The van der Waals surface area contributed by atoms with Gasteiger partial charge in [0.15, 0.2) is 16.6 Å². The number of rotatable bonds is 12. The van der Waals surface area contributed by atoms with Gasteiger partial charge in [0.2, 0.25) is 0 Å². The quantitative estimate of drug-likeness (QED) is 0.400. The Labute approximate surface area is 136 Å². The van der Waals surface area contributed by atoms with E-state index in [-0.39, 0.29) is 0 Å². The highest BCUT2D eigenvalue weighted by Crippen LogP contribution is 2.55. The van der Waals surface area contributed by atoms with Gasteiger partial charge < -0.3 is 8.85 Å². The number of hydrogen-bond acceptors (Lipinski definition) is 2. The van der Waals surface area contributed by atoms with Gasteiger partial charge >= 0.3 is 0 Å². The molecule has 0 aliphatic carbocycles. The average molecular weight is 333 g/mol. The van der Waals surface area contributed by atoms with Crippen molar-refractivity contribution in [3.8, 4) is 0 Å². The van der Waals surface area contributed by atoms with Crippen LogP contribution < -0.4 is 0 Å². The molecule has 0 saturated carbocycles. The Balaban J connectivity index is 5.71. The Morgan fingerprint density at radius 3 is 1.24 bits per heavy atom. The second kappa shape index (κ2) is 9.48. The molecule has 0 spiro atoms. The molecule has 0 aromatic rings. The van der Waals surface area contributed by atoms with E-state index in [2.05, 4.69) is 53.9 Å². The Kier molecular flexibility index (Phi) is 9.64. The van der Waals surface area contributed by atoms with Crippen molar-refractivity contribution in [2.24, 2.45) is 0 Å². The molecule has 0 aliphatic rings. The molecule has 2 nitrogen and oxygen atoms in total. The molecule has 0 bridgehead atoms. The average Bonchev–Trinajstić information content (AvgIpc) is 2.38. The molecule has 0 saturated heterocycles. The predicted molar refractivity (Wildman–Crippen MR) is 100.0 cm³/mol. The molecule has 0 aliphatic heterocycles. The smallest absolute Gasteiger partial charge is 0.192 e. The van der Waals surface area contributed by atoms with Crippen LogP contribution in [0.1, 0.15) is 66.2 Å². The molecule has 0 N–H and O–H groups in total. The van der Waals surface area contributed by atoms with E-state index < -0.39 is 16.6 Å². The van der Waals surface area contributed by atoms with Crippen LogP contribution in [0.5, 0.6) is 0 Å². The molecule has 0 unspecified atom stereocenters. The van der Waals surface area contributed by atoms with E-state index in [9.17, 15) is 0 Å². The van der Waals surface area contributed by atoms with E-state index in [0.717, 1.165) is 13.2 Å². The van der Waals surface area contributed by atoms with Crippen LogP contribution in [0.15, 0.2) is 0 Å². The highest BCUT2D eigenvalue weighted by Gasteiger charge is 2.58. The van der Waals surface area contributed by atoms with Gasteiger partial charge in [0.05, 0.1) is 0 Å². The van der Waals surface area contributed by atoms with Crippen molar-refractivity contribution in [3.05, 3.63) is 0 Å². The first-order valence-electron chi connectivity index (χ1n) is 9.02. The Hall–Kier alpha value is 0.354. The van der Waals surface area contributed by atoms with Crippen LogP contribution in [0.4, 0.5) is 0 Å². The summed E-state index contributed by atoms with van der Waals surface area (Å²) in [5.74, 6) is 0. The first-order valence-corrected chi connectivity index (χ1v) is 14.8. The standard InChI is InChI=1S/C17H40O2Si2/c1-9-13-15-17(16-14-10-2,20(5,6)18-11-3)21(7,8)19-12-4/h9-16H2,1-8H3. The van der Waals surface area contributed by atoms with Gasteiger partial charge in [-0.1, -0.05) is 39.5 Å². The van der Waals surface area contributed by atoms with Crippen LogP contribution in [0.2, 0.25) is 30.8 Å². The number of unbranched alkanes of at least 4 members (excludes halogenated alkanes) is 2. The summed E-state index contributed by atoms with van der Waals surface area (Å²) in [6.07, 6.45) is 7.72. The number of hydrogen-bond donors (Lipinski definition) is 0. The SMILES string of the molecule is CCCCC(CCCC)([Si](C)(C)OCC)[Si](C)(C)OCC. The minimum atomic E-state index is -1.79. The van der Waals surface area contributed by atoms with Crippen LogP contribution in [0.3, 0.4) is 0 Å². The van der Waals surface area contributed by atoms with Gasteiger partial charge in [-0.25, -0.2) is 0 Å². The molecule has 0 radical (unpaired) electrons. The van der Waals surface area contributed by atoms with Crippen molar-refractivity contribution in [1.82, 2.24) is 0 Å². The molecule has 0 aromatic carbocycles. The summed E-state index contributed by atoms with van der Waals surface area (Å²) in [7, 11) is -3.59. The molecular weight excluding hydrogens is 292 g/mol. The lowest BCUT2D eigenvalue weighted by Crippen LogP contribution is -2.60. The first kappa shape index (κ1) is 21.4. The lowest BCUT2D eigenvalue weighted by atomic mass is 10.1. The summed E-state index contributed by atoms with van der Waals surface area (Å²) in [4.78, 5) is 0. The monoisotopic (exact) mass is 332 g/mol. The Morgan fingerprint density at radius 1 is 0.667 bits per heavy atom. The molecular formula is C17H40O2Si2. The van der Waals surface area contributed by atoms with Gasteiger partial charge in [-0.2, -0.15) is 0 Å². The third-order valence-electron chi connectivity index (χ3n) is 5.23. The zero-order valence-electron chi connectivity index (χ0n) is 16.0. The molecule has 0 heterocycles. The summed E-state index contributed by atoms with van der Waals surface area (Å²) in [5, 5.41) is 0.